The number of hydrogen-bond donors (Lipinski definition) is 2. The third kappa shape index (κ3) is 3.83. The molecule has 4 nitrogen and oxygen atoms in total. The fraction of sp³-hybridized carbons (Fsp3) is 0.500. The lowest BCUT2D eigenvalue weighted by Crippen LogP contribution is -2.20. The molecular weight excluding hydrogens is 252 g/mol. The van der Waals surface area contributed by atoms with Crippen molar-refractivity contribution in [2.45, 2.75) is 52.4 Å². The highest BCUT2D eigenvalue weighted by molar-refractivity contribution is 5.99. The van der Waals surface area contributed by atoms with E-state index in [0.29, 0.717) is 11.1 Å². The van der Waals surface area contributed by atoms with Gasteiger partial charge in [0.15, 0.2) is 0 Å². The first kappa shape index (κ1) is 16.2. The predicted octanol–water partition coefficient (Wildman–Crippen LogP) is 2.57. The van der Waals surface area contributed by atoms with Gasteiger partial charge in [0.25, 0.3) is 0 Å². The van der Waals surface area contributed by atoms with Gasteiger partial charge in [-0.3, -0.25) is 9.59 Å². The largest absolute Gasteiger partial charge is 0.366 e. The zero-order chi connectivity index (χ0) is 15.1. The second kappa shape index (κ2) is 7.68. The molecule has 1 aromatic carbocycles. The third-order valence-electron chi connectivity index (χ3n) is 3.52. The standard InChI is InChI=1S/C16H24N2O2/c1-3-5-7-11-12(8-6-4-2)14(16(18)20)10-9-13(11)15(17)19/h9-10H,3-8H2,1-2H3,(H2,17,19)(H2,18,20). The number of benzene rings is 1. The van der Waals surface area contributed by atoms with Crippen molar-refractivity contribution in [1.82, 2.24) is 0 Å². The summed E-state index contributed by atoms with van der Waals surface area (Å²) in [5, 5.41) is 0. The summed E-state index contributed by atoms with van der Waals surface area (Å²) in [6.45, 7) is 4.18. The first-order valence-electron chi connectivity index (χ1n) is 7.27. The quantitative estimate of drug-likeness (QED) is 0.764. The number of amides is 2. The van der Waals surface area contributed by atoms with Crippen molar-refractivity contribution in [3.63, 3.8) is 0 Å². The van der Waals surface area contributed by atoms with Gasteiger partial charge in [-0.1, -0.05) is 26.7 Å². The molecule has 0 aliphatic carbocycles. The Hall–Kier alpha value is -1.84. The molecule has 0 saturated heterocycles. The van der Waals surface area contributed by atoms with Crippen LogP contribution < -0.4 is 11.5 Å². The Labute approximate surface area is 120 Å². The molecule has 1 rings (SSSR count). The minimum atomic E-state index is -0.440. The summed E-state index contributed by atoms with van der Waals surface area (Å²) in [6.07, 6.45) is 5.48. The summed E-state index contributed by atoms with van der Waals surface area (Å²) >= 11 is 0. The van der Waals surface area contributed by atoms with Crippen LogP contribution in [0, 0.1) is 0 Å². The van der Waals surface area contributed by atoms with Gasteiger partial charge in [0.2, 0.25) is 11.8 Å². The molecule has 0 saturated carbocycles. The van der Waals surface area contributed by atoms with Crippen LogP contribution in [0.25, 0.3) is 0 Å². The Morgan fingerprint density at radius 1 is 0.850 bits per heavy atom. The molecule has 0 aromatic heterocycles. The van der Waals surface area contributed by atoms with Crippen LogP contribution in [-0.4, -0.2) is 11.8 Å². The van der Waals surface area contributed by atoms with Gasteiger partial charge >= 0.3 is 0 Å². The van der Waals surface area contributed by atoms with E-state index in [4.69, 9.17) is 11.5 Å². The zero-order valence-electron chi connectivity index (χ0n) is 12.4. The van der Waals surface area contributed by atoms with Crippen molar-refractivity contribution < 1.29 is 9.59 Å². The van der Waals surface area contributed by atoms with E-state index in [1.54, 1.807) is 12.1 Å². The topological polar surface area (TPSA) is 86.2 Å². The van der Waals surface area contributed by atoms with E-state index in [2.05, 4.69) is 13.8 Å². The Kier molecular flexibility index (Phi) is 6.22. The lowest BCUT2D eigenvalue weighted by Gasteiger charge is -2.16. The molecule has 2 amide bonds. The molecular formula is C16H24N2O2. The summed E-state index contributed by atoms with van der Waals surface area (Å²) in [4.78, 5) is 23.2. The van der Waals surface area contributed by atoms with E-state index in [-0.39, 0.29) is 0 Å². The van der Waals surface area contributed by atoms with Gasteiger partial charge in [-0.15, -0.1) is 0 Å². The van der Waals surface area contributed by atoms with Gasteiger partial charge < -0.3 is 11.5 Å². The summed E-state index contributed by atoms with van der Waals surface area (Å²) in [7, 11) is 0. The second-order valence-corrected chi connectivity index (χ2v) is 5.05. The monoisotopic (exact) mass is 276 g/mol. The number of carbonyl (C=O) groups is 2. The van der Waals surface area contributed by atoms with Crippen LogP contribution in [0.5, 0.6) is 0 Å². The van der Waals surface area contributed by atoms with Crippen LogP contribution in [0.15, 0.2) is 12.1 Å². The van der Waals surface area contributed by atoms with E-state index in [1.807, 2.05) is 0 Å². The number of primary amides is 2. The van der Waals surface area contributed by atoms with Crippen LogP contribution in [0.4, 0.5) is 0 Å². The van der Waals surface area contributed by atoms with Crippen molar-refractivity contribution in [1.29, 1.82) is 0 Å². The fourth-order valence-electron chi connectivity index (χ4n) is 2.43. The van der Waals surface area contributed by atoms with Gasteiger partial charge in [0.1, 0.15) is 0 Å². The van der Waals surface area contributed by atoms with Crippen molar-refractivity contribution >= 4 is 11.8 Å². The highest BCUT2D eigenvalue weighted by Gasteiger charge is 2.18. The number of carbonyl (C=O) groups excluding carboxylic acids is 2. The molecule has 20 heavy (non-hydrogen) atoms. The molecule has 0 aliphatic rings. The number of rotatable bonds is 8. The highest BCUT2D eigenvalue weighted by Crippen LogP contribution is 2.23. The van der Waals surface area contributed by atoms with Crippen LogP contribution >= 0.6 is 0 Å². The second-order valence-electron chi connectivity index (χ2n) is 5.05. The van der Waals surface area contributed by atoms with E-state index in [9.17, 15) is 9.59 Å². The minimum Gasteiger partial charge on any atom is -0.366 e. The van der Waals surface area contributed by atoms with E-state index < -0.39 is 11.8 Å². The molecule has 110 valence electrons. The lowest BCUT2D eigenvalue weighted by atomic mass is 9.89. The minimum absolute atomic E-state index is 0.440. The predicted molar refractivity (Wildman–Crippen MR) is 80.7 cm³/mol. The smallest absolute Gasteiger partial charge is 0.248 e. The number of nitrogens with two attached hydrogens (primary N) is 2. The lowest BCUT2D eigenvalue weighted by molar-refractivity contribution is 0.0986. The van der Waals surface area contributed by atoms with Gasteiger partial charge in [-0.25, -0.2) is 0 Å². The maximum Gasteiger partial charge on any atom is 0.248 e. The third-order valence-corrected chi connectivity index (χ3v) is 3.52. The maximum atomic E-state index is 11.6. The van der Waals surface area contributed by atoms with Gasteiger partial charge in [0, 0.05) is 11.1 Å². The van der Waals surface area contributed by atoms with Gasteiger partial charge in [-0.05, 0) is 48.9 Å². The molecule has 0 spiro atoms. The fourth-order valence-corrected chi connectivity index (χ4v) is 2.43. The van der Waals surface area contributed by atoms with Crippen LogP contribution in [-0.2, 0) is 12.8 Å². The Morgan fingerprint density at radius 3 is 1.45 bits per heavy atom. The van der Waals surface area contributed by atoms with Gasteiger partial charge in [-0.2, -0.15) is 0 Å². The molecule has 1 aromatic rings. The van der Waals surface area contributed by atoms with Crippen molar-refractivity contribution in [3.8, 4) is 0 Å². The first-order chi connectivity index (χ1) is 9.52. The molecule has 0 radical (unpaired) electrons. The Bertz CT molecular complexity index is 450. The molecule has 0 fully saturated rings. The van der Waals surface area contributed by atoms with Gasteiger partial charge in [0.05, 0.1) is 0 Å². The molecule has 4 heteroatoms. The summed E-state index contributed by atoms with van der Waals surface area (Å²) in [5.74, 6) is -0.880. The first-order valence-corrected chi connectivity index (χ1v) is 7.27. The normalized spacial score (nSPS) is 10.5. The van der Waals surface area contributed by atoms with Crippen LogP contribution in [0.2, 0.25) is 0 Å². The average Bonchev–Trinajstić information content (AvgIpc) is 2.41. The van der Waals surface area contributed by atoms with E-state index in [1.165, 1.54) is 0 Å². The van der Waals surface area contributed by atoms with Crippen molar-refractivity contribution in [2.24, 2.45) is 11.5 Å². The Morgan fingerprint density at radius 2 is 1.20 bits per heavy atom. The van der Waals surface area contributed by atoms with Crippen molar-refractivity contribution in [3.05, 3.63) is 34.4 Å². The molecule has 0 aliphatic heterocycles. The molecule has 0 bridgehead atoms. The molecule has 4 N–H and O–H groups in total. The van der Waals surface area contributed by atoms with Crippen LogP contribution in [0.1, 0.15) is 71.4 Å². The molecule has 0 unspecified atom stereocenters. The van der Waals surface area contributed by atoms with E-state index in [0.717, 1.165) is 49.7 Å². The SMILES string of the molecule is CCCCc1c(C(N)=O)ccc(C(N)=O)c1CCCC. The maximum absolute atomic E-state index is 11.6. The zero-order valence-corrected chi connectivity index (χ0v) is 12.4. The van der Waals surface area contributed by atoms with Crippen LogP contribution in [0.3, 0.4) is 0 Å². The number of unbranched alkanes of at least 4 members (excludes halogenated alkanes) is 2. The van der Waals surface area contributed by atoms with E-state index >= 15 is 0 Å². The molecule has 0 atom stereocenters. The number of hydrogen-bond acceptors (Lipinski definition) is 2. The van der Waals surface area contributed by atoms with Crippen molar-refractivity contribution in [2.75, 3.05) is 0 Å². The summed E-state index contributed by atoms with van der Waals surface area (Å²) in [5.41, 5.74) is 13.8. The Balaban J connectivity index is 3.37. The highest BCUT2D eigenvalue weighted by atomic mass is 16.1. The molecule has 0 heterocycles. The summed E-state index contributed by atoms with van der Waals surface area (Å²) < 4.78 is 0. The summed E-state index contributed by atoms with van der Waals surface area (Å²) in [6, 6.07) is 3.26. The average molecular weight is 276 g/mol.